The number of carbonyl (C=O) groups is 11. The zero-order chi connectivity index (χ0) is 93.3. The Labute approximate surface area is 711 Å². The van der Waals surface area contributed by atoms with Crippen LogP contribution in [-0.2, 0) is 71.7 Å². The van der Waals surface area contributed by atoms with E-state index in [1.54, 1.807) is 35.8 Å². The van der Waals surface area contributed by atoms with Gasteiger partial charge in [-0.25, -0.2) is 0 Å². The lowest BCUT2D eigenvalue weighted by molar-refractivity contribution is -0.156. The van der Waals surface area contributed by atoms with E-state index in [1.807, 2.05) is 132 Å². The Bertz CT molecular complexity index is 2240. The highest BCUT2D eigenvalue weighted by molar-refractivity contribution is 5.79. The summed E-state index contributed by atoms with van der Waals surface area (Å²) in [6.45, 7) is 71.3. The molecule has 0 spiro atoms. The number of esters is 4. The van der Waals surface area contributed by atoms with E-state index in [2.05, 4.69) is 135 Å². The first kappa shape index (κ1) is 136. The van der Waals surface area contributed by atoms with Gasteiger partial charge in [0.25, 0.3) is 0 Å². The summed E-state index contributed by atoms with van der Waals surface area (Å²) in [7, 11) is 12.2. The molecule has 21 nitrogen and oxygen atoms in total. The van der Waals surface area contributed by atoms with Crippen molar-refractivity contribution in [2.45, 2.75) is 401 Å². The normalized spacial score (nSPS) is 10.7. The maximum Gasteiger partial charge on any atom is 0.306 e. The third kappa shape index (κ3) is 154. The number of amides is 4. The number of methoxy groups -OCH3 is 1. The van der Waals surface area contributed by atoms with Crippen LogP contribution in [0, 0.1) is 76.9 Å². The second-order valence-corrected chi connectivity index (χ2v) is 36.2. The SMILES string of the molecule is CC(C)C(O)N(C)C.CC(C)CC(=O)OC(C)(C)C.CC(C)CCC(=O)CC(C)C.CC(C)CCC(=O)N(C)C.CC(C)CCC(N)=O.CCC(=O)CCC(C)C.CCCC(=O)CCC(C)C.CCN(C)C(=O)CCC(C)C.CCOC(=O)CC(C)C.CCOC(=O)CCCC(C)C.CNC(=O)CC(C)C.COC(=O)CCC(C)C. The lowest BCUT2D eigenvalue weighted by Gasteiger charge is -2.21. The highest BCUT2D eigenvalue weighted by atomic mass is 16.6. The number of ether oxygens (including phenoxy) is 4. The molecule has 4 amide bonds. The van der Waals surface area contributed by atoms with Gasteiger partial charge in [-0.15, -0.1) is 0 Å². The van der Waals surface area contributed by atoms with E-state index in [-0.39, 0.29) is 59.3 Å². The van der Waals surface area contributed by atoms with Crippen molar-refractivity contribution in [1.82, 2.24) is 20.0 Å². The number of hydrogen-bond acceptors (Lipinski definition) is 17. The molecule has 0 aliphatic heterocycles. The van der Waals surface area contributed by atoms with Crippen LogP contribution in [0.15, 0.2) is 0 Å². The Kier molecular flexibility index (Phi) is 109. The van der Waals surface area contributed by atoms with Gasteiger partial charge in [0.1, 0.15) is 29.2 Å². The number of Topliss-reactive ketones (excluding diaryl/α,β-unsaturated/α-hetero) is 3. The molecule has 115 heavy (non-hydrogen) atoms. The molecule has 0 heterocycles. The lowest BCUT2D eigenvalue weighted by Crippen LogP contribution is -2.31. The quantitative estimate of drug-likeness (QED) is 0.0291. The zero-order valence-electron chi connectivity index (χ0n) is 83.2. The lowest BCUT2D eigenvalue weighted by atomic mass is 10.00. The molecule has 4 N–H and O–H groups in total. The van der Waals surface area contributed by atoms with Crippen molar-refractivity contribution in [3.05, 3.63) is 0 Å². The summed E-state index contributed by atoms with van der Waals surface area (Å²) in [5.41, 5.74) is 4.56. The van der Waals surface area contributed by atoms with Gasteiger partial charge in [-0.2, -0.15) is 0 Å². The number of primary amides is 1. The van der Waals surface area contributed by atoms with Crippen LogP contribution < -0.4 is 11.1 Å². The predicted octanol–water partition coefficient (Wildman–Crippen LogP) is 21.8. The van der Waals surface area contributed by atoms with E-state index in [0.29, 0.717) is 165 Å². The minimum atomic E-state index is -0.341. The Hall–Kier alpha value is -5.31. The number of ketones is 3. The molecule has 0 rings (SSSR count). The smallest absolute Gasteiger partial charge is 0.306 e. The molecule has 0 aromatic rings. The van der Waals surface area contributed by atoms with Gasteiger partial charge in [0.2, 0.25) is 23.6 Å². The number of aliphatic hydroxyl groups is 1. The molecule has 0 saturated carbocycles. The van der Waals surface area contributed by atoms with Crippen LogP contribution >= 0.6 is 0 Å². The Morgan fingerprint density at radius 2 is 0.722 bits per heavy atom. The number of nitrogens with two attached hydrogens (primary N) is 1. The molecule has 0 aromatic carbocycles. The topological polar surface area (TPSA) is 293 Å². The first-order valence-electron chi connectivity index (χ1n) is 44.0. The van der Waals surface area contributed by atoms with Crippen molar-refractivity contribution in [2.75, 3.05) is 69.2 Å². The fourth-order valence-electron chi connectivity index (χ4n) is 8.07. The highest BCUT2D eigenvalue weighted by Gasteiger charge is 2.17. The maximum atomic E-state index is 11.2. The van der Waals surface area contributed by atoms with E-state index in [0.717, 1.165) is 103 Å². The molecule has 1 atom stereocenters. The molecule has 0 saturated heterocycles. The van der Waals surface area contributed by atoms with Crippen LogP contribution in [0.1, 0.15) is 390 Å². The molecular weight excluding hydrogens is 1460 g/mol. The summed E-state index contributed by atoms with van der Waals surface area (Å²) < 4.78 is 19.1. The second kappa shape index (κ2) is 92.6. The molecular formula is C94H195N5O16. The van der Waals surface area contributed by atoms with Crippen molar-refractivity contribution >= 4 is 64.9 Å². The molecule has 0 fully saturated rings. The first-order chi connectivity index (χ1) is 52.6. The summed E-state index contributed by atoms with van der Waals surface area (Å²) in [4.78, 5) is 124. The molecule has 0 aliphatic carbocycles. The van der Waals surface area contributed by atoms with Crippen LogP contribution in [0.5, 0.6) is 0 Å². The number of hydrogen-bond donors (Lipinski definition) is 3. The van der Waals surface area contributed by atoms with Gasteiger partial charge in [-0.1, -0.05) is 200 Å². The minimum Gasteiger partial charge on any atom is -0.469 e. The van der Waals surface area contributed by atoms with Gasteiger partial charge >= 0.3 is 23.9 Å². The fraction of sp³-hybridized carbons (Fsp3) is 0.883. The summed E-state index contributed by atoms with van der Waals surface area (Å²) >= 11 is 0. The van der Waals surface area contributed by atoms with E-state index >= 15 is 0 Å². The fourth-order valence-corrected chi connectivity index (χ4v) is 8.07. The summed E-state index contributed by atoms with van der Waals surface area (Å²) in [6, 6.07) is 0. The number of aliphatic hydroxyl groups excluding tert-OH is 1. The molecule has 692 valence electrons. The van der Waals surface area contributed by atoms with Gasteiger partial charge in [-0.05, 0) is 190 Å². The van der Waals surface area contributed by atoms with Gasteiger partial charge < -0.3 is 44.9 Å². The largest absolute Gasteiger partial charge is 0.469 e. The average molecular weight is 1650 g/mol. The van der Waals surface area contributed by atoms with Crippen molar-refractivity contribution in [3.63, 3.8) is 0 Å². The number of nitrogens with one attached hydrogen (secondary N) is 1. The summed E-state index contributed by atoms with van der Waals surface area (Å²) in [5.74, 6) is 8.51. The third-order valence-corrected chi connectivity index (χ3v) is 15.3. The van der Waals surface area contributed by atoms with E-state index in [1.165, 1.54) is 7.11 Å². The second-order valence-electron chi connectivity index (χ2n) is 36.2. The minimum absolute atomic E-state index is 0.0619. The molecule has 0 bridgehead atoms. The Morgan fingerprint density at radius 1 is 0.383 bits per heavy atom. The van der Waals surface area contributed by atoms with Gasteiger partial charge in [0.05, 0.1) is 20.3 Å². The van der Waals surface area contributed by atoms with Gasteiger partial charge in [0, 0.05) is 125 Å². The van der Waals surface area contributed by atoms with Crippen molar-refractivity contribution in [3.8, 4) is 0 Å². The first-order valence-corrected chi connectivity index (χ1v) is 44.0. The summed E-state index contributed by atoms with van der Waals surface area (Å²) in [6.07, 6.45) is 19.0. The van der Waals surface area contributed by atoms with Crippen molar-refractivity contribution in [1.29, 1.82) is 0 Å². The predicted molar refractivity (Wildman–Crippen MR) is 486 cm³/mol. The van der Waals surface area contributed by atoms with Gasteiger partial charge in [-0.3, -0.25) is 57.6 Å². The van der Waals surface area contributed by atoms with Crippen LogP contribution in [0.4, 0.5) is 0 Å². The van der Waals surface area contributed by atoms with E-state index in [9.17, 15) is 52.7 Å². The standard InChI is InChI=1S/C10H20O.C9H19NO.2C9H18O2.C9H18O.C8H17NO.C8H16O.2C7H14O2.C6H15NO.2C6H13NO/c1-8(2)5-6-10(11)7-9(3)4;1-5-10(4)9(11)7-6-8(2)3;1-7(2)6-8(10)11-9(3,4)5;1-4-11-9(10)7-5-6-8(2)3;1-4-5-9(10)7-6-8(2)3;1-7(2)5-6-8(10)9(3)4;1-4-8(9)6-5-7(2)3;1-6(2)4-5-7(8)9-3;1-4-9-7(8)5-6(2)3;1-5(2)6(8)7(3)4;1-5(2)4-6(8)7-3;1-5(2)3-4-6(7)8/h8-9H,5-7H2,1-4H3;8H,5-7H2,1-4H3;7H,6H2,1-5H3;8H,4-7H2,1-3H3;8H,4-7H2,1-3H3;7H,5-6H2,1-4H3;7H,4-6H2,1-3H3;2*6H,4-5H2,1-3H3;5-6,8H,1-4H3;5H,4H2,1-3H3,(H,7,8);5H,3-4H2,1-2H3,(H2,7,8). The Morgan fingerprint density at radius 3 is 0.991 bits per heavy atom. The summed E-state index contributed by atoms with van der Waals surface area (Å²) in [5, 5.41) is 11.7. The van der Waals surface area contributed by atoms with E-state index in [4.69, 9.17) is 25.1 Å². The highest BCUT2D eigenvalue weighted by Crippen LogP contribution is 2.14. The van der Waals surface area contributed by atoms with E-state index < -0.39 is 0 Å². The van der Waals surface area contributed by atoms with Gasteiger partial charge in [0.15, 0.2) is 0 Å². The molecule has 21 heteroatoms. The number of rotatable bonds is 41. The Balaban J connectivity index is -0.000000101. The molecule has 0 radical (unpaired) electrons. The van der Waals surface area contributed by atoms with Crippen LogP contribution in [-0.4, -0.2) is 166 Å². The van der Waals surface area contributed by atoms with Crippen molar-refractivity contribution in [2.24, 2.45) is 82.7 Å². The van der Waals surface area contributed by atoms with Crippen LogP contribution in [0.2, 0.25) is 0 Å². The molecule has 0 aromatic heterocycles. The van der Waals surface area contributed by atoms with Crippen molar-refractivity contribution < 1.29 is 76.8 Å². The third-order valence-electron chi connectivity index (χ3n) is 15.3. The number of carbonyl (C=O) groups excluding carboxylic acids is 11. The molecule has 1 unspecified atom stereocenters. The monoisotopic (exact) mass is 1650 g/mol. The maximum absolute atomic E-state index is 11.2. The van der Waals surface area contributed by atoms with Crippen LogP contribution in [0.3, 0.4) is 0 Å². The van der Waals surface area contributed by atoms with Crippen LogP contribution in [0.25, 0.3) is 0 Å². The number of nitrogens with zero attached hydrogens (tertiary/aromatic N) is 3. The average Bonchev–Trinajstić information content (AvgIpc) is 0.936. The zero-order valence-corrected chi connectivity index (χ0v) is 83.2. The molecule has 0 aliphatic rings.